The first-order chi connectivity index (χ1) is 16.4. The van der Waals surface area contributed by atoms with Gasteiger partial charge in [-0.1, -0.05) is 48.0 Å². The average Bonchev–Trinajstić information content (AvgIpc) is 3.53. The minimum absolute atomic E-state index is 0.120. The lowest BCUT2D eigenvalue weighted by molar-refractivity contribution is -0.140. The van der Waals surface area contributed by atoms with Crippen molar-refractivity contribution in [2.45, 2.75) is 56.2 Å². The molecule has 0 aromatic heterocycles. The van der Waals surface area contributed by atoms with Gasteiger partial charge < -0.3 is 14.2 Å². The summed E-state index contributed by atoms with van der Waals surface area (Å²) in [6.07, 6.45) is 2.01. The Labute approximate surface area is 203 Å². The Morgan fingerprint density at radius 1 is 0.941 bits per heavy atom. The summed E-state index contributed by atoms with van der Waals surface area (Å²) in [5.41, 5.74) is 1.94. The molecule has 2 saturated heterocycles. The van der Waals surface area contributed by atoms with Crippen LogP contribution in [0.2, 0.25) is 0 Å². The van der Waals surface area contributed by atoms with E-state index in [0.717, 1.165) is 11.1 Å². The van der Waals surface area contributed by atoms with Crippen LogP contribution in [0.4, 0.5) is 4.79 Å². The fourth-order valence-corrected chi connectivity index (χ4v) is 5.66. The highest BCUT2D eigenvalue weighted by Crippen LogP contribution is 2.27. The van der Waals surface area contributed by atoms with Gasteiger partial charge in [0, 0.05) is 13.1 Å². The number of aryl methyl sites for hydroxylation is 1. The summed E-state index contributed by atoms with van der Waals surface area (Å²) in [5, 5.41) is 0. The van der Waals surface area contributed by atoms with Crippen molar-refractivity contribution in [2.24, 2.45) is 0 Å². The molecule has 0 spiro atoms. The highest BCUT2D eigenvalue weighted by atomic mass is 32.2. The van der Waals surface area contributed by atoms with Gasteiger partial charge in [0.05, 0.1) is 6.04 Å². The molecule has 3 atom stereocenters. The van der Waals surface area contributed by atoms with Gasteiger partial charge in [0.1, 0.15) is 12.6 Å². The Balaban J connectivity index is 1.37. The summed E-state index contributed by atoms with van der Waals surface area (Å²) in [7, 11) is 0. The number of benzene rings is 2. The van der Waals surface area contributed by atoms with Crippen LogP contribution < -0.4 is 0 Å². The molecule has 2 aromatic carbocycles. The molecular formula is C26H30N2O5S. The second kappa shape index (κ2) is 11.1. The van der Waals surface area contributed by atoms with E-state index < -0.39 is 29.4 Å². The zero-order valence-electron chi connectivity index (χ0n) is 19.4. The molecule has 180 valence electrons. The Kier molecular flexibility index (Phi) is 7.90. The van der Waals surface area contributed by atoms with Crippen LogP contribution in [-0.4, -0.2) is 63.1 Å². The molecule has 34 heavy (non-hydrogen) atoms. The quantitative estimate of drug-likeness (QED) is 0.564. The van der Waals surface area contributed by atoms with Gasteiger partial charge in [-0.3, -0.25) is 14.5 Å². The van der Waals surface area contributed by atoms with Crippen molar-refractivity contribution in [2.75, 3.05) is 18.8 Å². The predicted octanol–water partition coefficient (Wildman–Crippen LogP) is 3.46. The Bertz CT molecular complexity index is 1010. The molecule has 0 N–H and O–H groups in total. The van der Waals surface area contributed by atoms with Crippen molar-refractivity contribution in [1.29, 1.82) is 0 Å². The molecular weight excluding hydrogens is 452 g/mol. The monoisotopic (exact) mass is 482 g/mol. The first-order valence-corrected chi connectivity index (χ1v) is 13.0. The number of carbonyl (C=O) groups is 3. The third-order valence-electron chi connectivity index (χ3n) is 6.44. The second-order valence-corrected chi connectivity index (χ2v) is 10.3. The zero-order chi connectivity index (χ0) is 24.1. The van der Waals surface area contributed by atoms with Crippen molar-refractivity contribution in [3.8, 4) is 0 Å². The molecule has 8 heteroatoms. The number of ketones is 1. The minimum atomic E-state index is -1.46. The second-order valence-electron chi connectivity index (χ2n) is 8.85. The van der Waals surface area contributed by atoms with Gasteiger partial charge in [-0.15, -0.1) is 0 Å². The third-order valence-corrected chi connectivity index (χ3v) is 7.79. The van der Waals surface area contributed by atoms with E-state index in [4.69, 9.17) is 4.74 Å². The molecule has 2 fully saturated rings. The summed E-state index contributed by atoms with van der Waals surface area (Å²) >= 11 is -1.46. The molecule has 2 aromatic rings. The predicted molar refractivity (Wildman–Crippen MR) is 129 cm³/mol. The van der Waals surface area contributed by atoms with Crippen molar-refractivity contribution >= 4 is 29.0 Å². The number of hydrogen-bond acceptors (Lipinski definition) is 5. The Hall–Kier alpha value is -2.84. The summed E-state index contributed by atoms with van der Waals surface area (Å²) in [6.45, 7) is 3.01. The number of nitrogens with zero attached hydrogens (tertiary/aromatic N) is 2. The molecule has 0 bridgehead atoms. The molecule has 7 nitrogen and oxygen atoms in total. The van der Waals surface area contributed by atoms with E-state index in [-0.39, 0.29) is 24.1 Å². The van der Waals surface area contributed by atoms with Crippen LogP contribution in [0.3, 0.4) is 0 Å². The van der Waals surface area contributed by atoms with Crippen LogP contribution in [0.15, 0.2) is 59.5 Å². The topological polar surface area (TPSA) is 90.0 Å². The number of carbonyl (C=O) groups excluding carboxylic acids is 3. The maximum absolute atomic E-state index is 13.4. The molecule has 2 heterocycles. The van der Waals surface area contributed by atoms with Crippen molar-refractivity contribution in [3.05, 3.63) is 65.7 Å². The van der Waals surface area contributed by atoms with Gasteiger partial charge >= 0.3 is 6.09 Å². The lowest BCUT2D eigenvalue weighted by Crippen LogP contribution is -2.51. The minimum Gasteiger partial charge on any atom is -0.611 e. The summed E-state index contributed by atoms with van der Waals surface area (Å²) in [4.78, 5) is 42.8. The van der Waals surface area contributed by atoms with E-state index in [1.165, 1.54) is 4.90 Å². The molecule has 2 aliphatic heterocycles. The molecule has 2 aliphatic rings. The first-order valence-electron chi connectivity index (χ1n) is 11.7. The zero-order valence-corrected chi connectivity index (χ0v) is 20.2. The number of ether oxygens (including phenoxy) is 1. The Morgan fingerprint density at radius 3 is 2.29 bits per heavy atom. The van der Waals surface area contributed by atoms with Crippen molar-refractivity contribution < 1.29 is 23.7 Å². The average molecular weight is 483 g/mol. The Morgan fingerprint density at radius 2 is 1.59 bits per heavy atom. The van der Waals surface area contributed by atoms with Crippen LogP contribution in [-0.2, 0) is 32.1 Å². The lowest BCUT2D eigenvalue weighted by atomic mass is 10.1. The summed E-state index contributed by atoms with van der Waals surface area (Å²) < 4.78 is 18.2. The van der Waals surface area contributed by atoms with Crippen LogP contribution in [0.5, 0.6) is 0 Å². The highest BCUT2D eigenvalue weighted by molar-refractivity contribution is 7.92. The number of Topliss-reactive ketones (excluding diaryl/α,β-unsaturated/α-hetero) is 1. The van der Waals surface area contributed by atoms with E-state index in [2.05, 4.69) is 0 Å². The van der Waals surface area contributed by atoms with Crippen LogP contribution >= 0.6 is 0 Å². The number of amides is 2. The maximum Gasteiger partial charge on any atom is 0.410 e. The van der Waals surface area contributed by atoms with Gasteiger partial charge in [-0.05, 0) is 61.5 Å². The van der Waals surface area contributed by atoms with Crippen LogP contribution in [0.1, 0.15) is 36.8 Å². The highest BCUT2D eigenvalue weighted by Gasteiger charge is 2.43. The van der Waals surface area contributed by atoms with Crippen LogP contribution in [0, 0.1) is 6.92 Å². The van der Waals surface area contributed by atoms with Gasteiger partial charge in [0.25, 0.3) is 0 Å². The molecule has 4 rings (SSSR count). The number of hydrogen-bond donors (Lipinski definition) is 0. The van der Waals surface area contributed by atoms with Gasteiger partial charge in [0.15, 0.2) is 10.6 Å². The molecule has 0 radical (unpaired) electrons. The lowest BCUT2D eigenvalue weighted by Gasteiger charge is -2.30. The van der Waals surface area contributed by atoms with Crippen molar-refractivity contribution in [1.82, 2.24) is 9.80 Å². The fourth-order valence-electron chi connectivity index (χ4n) is 4.60. The fraction of sp³-hybridized carbons (Fsp3) is 0.423. The normalized spacial score (nSPS) is 20.9. The van der Waals surface area contributed by atoms with E-state index in [9.17, 15) is 18.9 Å². The number of likely N-dealkylation sites (tertiary alicyclic amines) is 2. The summed E-state index contributed by atoms with van der Waals surface area (Å²) in [6, 6.07) is 15.5. The molecule has 0 unspecified atom stereocenters. The van der Waals surface area contributed by atoms with E-state index in [1.807, 2.05) is 49.4 Å². The van der Waals surface area contributed by atoms with Crippen molar-refractivity contribution in [3.63, 3.8) is 0 Å². The standard InChI is InChI=1S/C26H30N2O5S/c1-19-11-13-21(14-12-19)34(32)18-24(29)22-9-5-15-27(22)25(30)23-10-6-16-28(23)26(31)33-17-20-7-3-2-4-8-20/h2-4,7-8,11-14,22-23H,5-6,9-10,15-18H2,1H3/t22-,23-,34+/m0/s1. The SMILES string of the molecule is Cc1ccc([S@+]([O-])CC(=O)[C@@H]2CCCN2C(=O)[C@@H]2CCCN2C(=O)OCc2ccccc2)cc1. The maximum atomic E-state index is 13.4. The van der Waals surface area contributed by atoms with Gasteiger partial charge in [0.2, 0.25) is 11.7 Å². The van der Waals surface area contributed by atoms with E-state index in [0.29, 0.717) is 43.7 Å². The van der Waals surface area contributed by atoms with E-state index >= 15 is 0 Å². The molecule has 0 saturated carbocycles. The van der Waals surface area contributed by atoms with Crippen LogP contribution in [0.25, 0.3) is 0 Å². The third kappa shape index (κ3) is 5.62. The smallest absolute Gasteiger partial charge is 0.410 e. The first kappa shape index (κ1) is 24.3. The summed E-state index contributed by atoms with van der Waals surface area (Å²) in [5.74, 6) is -0.530. The largest absolute Gasteiger partial charge is 0.611 e. The van der Waals surface area contributed by atoms with Gasteiger partial charge in [-0.25, -0.2) is 4.79 Å². The van der Waals surface area contributed by atoms with Gasteiger partial charge in [-0.2, -0.15) is 0 Å². The number of rotatable bonds is 7. The van der Waals surface area contributed by atoms with E-state index in [1.54, 1.807) is 17.0 Å². The molecule has 0 aliphatic carbocycles. The molecule has 2 amide bonds.